The maximum absolute atomic E-state index is 10.9. The molecule has 0 saturated heterocycles. The molecule has 114 valence electrons. The Bertz CT molecular complexity index is 482. The maximum Gasteiger partial charge on any atom is 0.208 e. The van der Waals surface area contributed by atoms with E-state index in [4.69, 9.17) is 0 Å². The van der Waals surface area contributed by atoms with E-state index in [9.17, 15) is 8.42 Å². The van der Waals surface area contributed by atoms with Crippen LogP contribution in [0.4, 0.5) is 5.69 Å². The van der Waals surface area contributed by atoms with Crippen molar-refractivity contribution in [3.8, 4) is 0 Å². The van der Waals surface area contributed by atoms with Crippen LogP contribution in [0.2, 0.25) is 0 Å². The molecule has 0 aliphatic carbocycles. The number of nitrogens with zero attached hydrogens (tertiary/aromatic N) is 1. The smallest absolute Gasteiger partial charge is 0.208 e. The van der Waals surface area contributed by atoms with Gasteiger partial charge in [-0.2, -0.15) is 0 Å². The fourth-order valence-corrected chi connectivity index (χ4v) is 2.44. The van der Waals surface area contributed by atoms with Gasteiger partial charge in [-0.1, -0.05) is 12.1 Å². The fraction of sp³-hybridized carbons (Fsp3) is 0.571. The van der Waals surface area contributed by atoms with Gasteiger partial charge in [-0.3, -0.25) is 0 Å². The van der Waals surface area contributed by atoms with Crippen molar-refractivity contribution in [1.29, 1.82) is 0 Å². The van der Waals surface area contributed by atoms with Crippen molar-refractivity contribution >= 4 is 15.7 Å². The highest BCUT2D eigenvalue weighted by molar-refractivity contribution is 7.88. The zero-order chi connectivity index (χ0) is 15.0. The molecule has 0 aromatic heterocycles. The monoisotopic (exact) mass is 299 g/mol. The van der Waals surface area contributed by atoms with Crippen molar-refractivity contribution < 1.29 is 8.42 Å². The second-order valence-electron chi connectivity index (χ2n) is 4.68. The molecule has 0 saturated carbocycles. The number of hydrogen-bond acceptors (Lipinski definition) is 4. The van der Waals surface area contributed by atoms with E-state index >= 15 is 0 Å². The molecular formula is C14H25N3O2S. The molecule has 0 bridgehead atoms. The first-order chi connectivity index (χ1) is 9.46. The molecule has 0 radical (unpaired) electrons. The Morgan fingerprint density at radius 2 is 1.65 bits per heavy atom. The van der Waals surface area contributed by atoms with Crippen LogP contribution in [0.5, 0.6) is 0 Å². The van der Waals surface area contributed by atoms with E-state index in [1.165, 1.54) is 17.5 Å². The van der Waals surface area contributed by atoms with Crippen molar-refractivity contribution in [2.45, 2.75) is 20.4 Å². The number of nitrogens with one attached hydrogen (secondary N) is 2. The van der Waals surface area contributed by atoms with E-state index in [0.717, 1.165) is 19.6 Å². The minimum absolute atomic E-state index is 0.413. The average molecular weight is 299 g/mol. The van der Waals surface area contributed by atoms with E-state index in [2.05, 4.69) is 53.1 Å². The lowest BCUT2D eigenvalue weighted by Crippen LogP contribution is -2.30. The van der Waals surface area contributed by atoms with Crippen LogP contribution in [0.1, 0.15) is 19.4 Å². The first-order valence-corrected chi connectivity index (χ1v) is 8.84. The molecular weight excluding hydrogens is 274 g/mol. The predicted octanol–water partition coefficient (Wildman–Crippen LogP) is 1.17. The molecule has 20 heavy (non-hydrogen) atoms. The van der Waals surface area contributed by atoms with Crippen molar-refractivity contribution in [3.05, 3.63) is 29.8 Å². The molecule has 1 aromatic carbocycles. The number of anilines is 1. The molecule has 2 N–H and O–H groups in total. The number of sulfonamides is 1. The van der Waals surface area contributed by atoms with Gasteiger partial charge in [-0.25, -0.2) is 13.1 Å². The summed E-state index contributed by atoms with van der Waals surface area (Å²) in [5.74, 6) is 0. The van der Waals surface area contributed by atoms with Crippen LogP contribution in [0.25, 0.3) is 0 Å². The zero-order valence-corrected chi connectivity index (χ0v) is 13.3. The van der Waals surface area contributed by atoms with Crippen LogP contribution in [0, 0.1) is 0 Å². The molecule has 1 rings (SSSR count). The van der Waals surface area contributed by atoms with E-state index in [0.29, 0.717) is 13.1 Å². The highest BCUT2D eigenvalue weighted by Gasteiger charge is 2.01. The summed E-state index contributed by atoms with van der Waals surface area (Å²) in [6.07, 6.45) is 1.17. The van der Waals surface area contributed by atoms with E-state index in [1.807, 2.05) is 0 Å². The fourth-order valence-electron chi connectivity index (χ4n) is 1.97. The summed E-state index contributed by atoms with van der Waals surface area (Å²) in [7, 11) is -3.09. The second-order valence-corrected chi connectivity index (χ2v) is 6.52. The summed E-state index contributed by atoms with van der Waals surface area (Å²) in [4.78, 5) is 2.30. The van der Waals surface area contributed by atoms with Crippen LogP contribution < -0.4 is 14.9 Å². The van der Waals surface area contributed by atoms with E-state index < -0.39 is 10.0 Å². The molecule has 0 aliphatic rings. The van der Waals surface area contributed by atoms with Gasteiger partial charge in [-0.05, 0) is 31.5 Å². The summed E-state index contributed by atoms with van der Waals surface area (Å²) in [5.41, 5.74) is 2.43. The Hall–Kier alpha value is -1.11. The predicted molar refractivity (Wildman–Crippen MR) is 84.6 cm³/mol. The molecule has 0 spiro atoms. The third-order valence-corrected chi connectivity index (χ3v) is 3.79. The standard InChI is InChI=1S/C14H25N3O2S/c1-4-17(5-2)14-8-6-13(7-9-14)12-15-10-11-16-20(3,18)19/h6-9,15-16H,4-5,10-12H2,1-3H3. The van der Waals surface area contributed by atoms with Crippen molar-refractivity contribution in [2.24, 2.45) is 0 Å². The van der Waals surface area contributed by atoms with Crippen LogP contribution in [-0.4, -0.2) is 40.9 Å². The Balaban J connectivity index is 2.35. The van der Waals surface area contributed by atoms with E-state index in [1.54, 1.807) is 0 Å². The molecule has 0 aliphatic heterocycles. The van der Waals surface area contributed by atoms with Gasteiger partial charge in [0.15, 0.2) is 0 Å². The lowest BCUT2D eigenvalue weighted by Gasteiger charge is -2.21. The topological polar surface area (TPSA) is 61.4 Å². The SMILES string of the molecule is CCN(CC)c1ccc(CNCCNS(C)(=O)=O)cc1. The van der Waals surface area contributed by atoms with Gasteiger partial charge in [0.1, 0.15) is 0 Å². The molecule has 0 atom stereocenters. The van der Waals surface area contributed by atoms with Gasteiger partial charge >= 0.3 is 0 Å². The third kappa shape index (κ3) is 6.36. The highest BCUT2D eigenvalue weighted by Crippen LogP contribution is 2.14. The average Bonchev–Trinajstić information content (AvgIpc) is 2.40. The maximum atomic E-state index is 10.9. The summed E-state index contributed by atoms with van der Waals surface area (Å²) in [6.45, 7) is 8.07. The molecule has 0 heterocycles. The Morgan fingerprint density at radius 1 is 1.05 bits per heavy atom. The van der Waals surface area contributed by atoms with Crippen molar-refractivity contribution in [2.75, 3.05) is 37.3 Å². The van der Waals surface area contributed by atoms with Gasteiger partial charge in [0.2, 0.25) is 10.0 Å². The minimum atomic E-state index is -3.09. The third-order valence-electron chi connectivity index (χ3n) is 3.06. The van der Waals surface area contributed by atoms with Gasteiger partial charge in [-0.15, -0.1) is 0 Å². The first kappa shape index (κ1) is 16.9. The molecule has 1 aromatic rings. The second kappa shape index (κ2) is 8.24. The molecule has 5 nitrogen and oxygen atoms in total. The van der Waals surface area contributed by atoms with Gasteiger partial charge in [0, 0.05) is 38.4 Å². The lowest BCUT2D eigenvalue weighted by molar-refractivity contribution is 0.582. The van der Waals surface area contributed by atoms with Gasteiger partial charge in [0.25, 0.3) is 0 Å². The lowest BCUT2D eigenvalue weighted by atomic mass is 10.2. The largest absolute Gasteiger partial charge is 0.372 e. The van der Waals surface area contributed by atoms with Crippen molar-refractivity contribution in [3.63, 3.8) is 0 Å². The minimum Gasteiger partial charge on any atom is -0.372 e. The van der Waals surface area contributed by atoms with Crippen LogP contribution in [-0.2, 0) is 16.6 Å². The van der Waals surface area contributed by atoms with Crippen molar-refractivity contribution in [1.82, 2.24) is 10.0 Å². The van der Waals surface area contributed by atoms with Gasteiger partial charge in [0.05, 0.1) is 6.26 Å². The van der Waals surface area contributed by atoms with Crippen LogP contribution in [0.3, 0.4) is 0 Å². The first-order valence-electron chi connectivity index (χ1n) is 6.95. The Morgan fingerprint density at radius 3 is 2.15 bits per heavy atom. The summed E-state index contributed by atoms with van der Waals surface area (Å²) < 4.78 is 24.2. The Labute approximate surface area is 122 Å². The van der Waals surface area contributed by atoms with Gasteiger partial charge < -0.3 is 10.2 Å². The normalized spacial score (nSPS) is 11.6. The Kier molecular flexibility index (Phi) is 6.98. The molecule has 0 amide bonds. The highest BCUT2D eigenvalue weighted by atomic mass is 32.2. The number of benzene rings is 1. The van der Waals surface area contributed by atoms with E-state index in [-0.39, 0.29) is 0 Å². The summed E-state index contributed by atoms with van der Waals surface area (Å²) in [6, 6.07) is 8.45. The molecule has 0 unspecified atom stereocenters. The molecule has 6 heteroatoms. The zero-order valence-electron chi connectivity index (χ0n) is 12.5. The van der Waals surface area contributed by atoms with Crippen LogP contribution >= 0.6 is 0 Å². The number of hydrogen-bond donors (Lipinski definition) is 2. The summed E-state index contributed by atoms with van der Waals surface area (Å²) >= 11 is 0. The molecule has 0 fully saturated rings. The van der Waals surface area contributed by atoms with Crippen LogP contribution in [0.15, 0.2) is 24.3 Å². The quantitative estimate of drug-likeness (QED) is 0.672. The summed E-state index contributed by atoms with van der Waals surface area (Å²) in [5, 5.41) is 3.21. The number of rotatable bonds is 9.